The van der Waals surface area contributed by atoms with Gasteiger partial charge in [0, 0.05) is 0 Å². The predicted octanol–water partition coefficient (Wildman–Crippen LogP) is 6.23. The Kier molecular flexibility index (Phi) is 5.58. The molecule has 0 aliphatic carbocycles. The quantitative estimate of drug-likeness (QED) is 0.393. The van der Waals surface area contributed by atoms with Gasteiger partial charge in [-0.3, -0.25) is 0 Å². The lowest BCUT2D eigenvalue weighted by molar-refractivity contribution is 0.0694. The molecule has 0 saturated carbocycles. The summed E-state index contributed by atoms with van der Waals surface area (Å²) < 4.78 is 11.0. The average Bonchev–Trinajstić information content (AvgIpc) is 2.80. The van der Waals surface area contributed by atoms with E-state index in [-0.39, 0.29) is 17.1 Å². The molecular formula is C26H20O5. The van der Waals surface area contributed by atoms with Crippen molar-refractivity contribution in [2.75, 3.05) is 7.11 Å². The van der Waals surface area contributed by atoms with Crippen LogP contribution in [0.2, 0.25) is 0 Å². The largest absolute Gasteiger partial charge is 0.508 e. The van der Waals surface area contributed by atoms with Gasteiger partial charge in [0.2, 0.25) is 0 Å². The molecule has 31 heavy (non-hydrogen) atoms. The van der Waals surface area contributed by atoms with Crippen molar-refractivity contribution in [3.63, 3.8) is 0 Å². The summed E-state index contributed by atoms with van der Waals surface area (Å²) in [5, 5.41) is 19.1. The first-order valence-corrected chi connectivity index (χ1v) is 9.62. The summed E-state index contributed by atoms with van der Waals surface area (Å²) in [5.74, 6) is 0.677. The fourth-order valence-corrected chi connectivity index (χ4v) is 3.25. The van der Waals surface area contributed by atoms with Crippen molar-refractivity contribution in [1.82, 2.24) is 0 Å². The lowest BCUT2D eigenvalue weighted by Crippen LogP contribution is -2.00. The SMILES string of the molecule is COc1ccc(-c2ccc(Oc3ccc(-c4ccc(O)cc4)cc3)c(C(=O)O)c2)cc1. The molecule has 2 N–H and O–H groups in total. The van der Waals surface area contributed by atoms with Gasteiger partial charge in [0.05, 0.1) is 7.11 Å². The molecule has 0 fully saturated rings. The van der Waals surface area contributed by atoms with Crippen LogP contribution in [0.15, 0.2) is 91.0 Å². The maximum atomic E-state index is 11.8. The number of phenolic OH excluding ortho intramolecular Hbond substituents is 1. The lowest BCUT2D eigenvalue weighted by Gasteiger charge is -2.12. The molecule has 0 aromatic heterocycles. The Morgan fingerprint density at radius 3 is 1.71 bits per heavy atom. The molecule has 0 aliphatic rings. The highest BCUT2D eigenvalue weighted by Gasteiger charge is 2.14. The molecule has 0 heterocycles. The van der Waals surface area contributed by atoms with Crippen molar-refractivity contribution >= 4 is 5.97 Å². The van der Waals surface area contributed by atoms with Crippen molar-refractivity contribution in [1.29, 1.82) is 0 Å². The maximum Gasteiger partial charge on any atom is 0.339 e. The van der Waals surface area contributed by atoms with Crippen LogP contribution in [-0.4, -0.2) is 23.3 Å². The van der Waals surface area contributed by atoms with Gasteiger partial charge >= 0.3 is 5.97 Å². The van der Waals surface area contributed by atoms with E-state index < -0.39 is 5.97 Å². The van der Waals surface area contributed by atoms with Gasteiger partial charge in [-0.05, 0) is 70.8 Å². The highest BCUT2D eigenvalue weighted by molar-refractivity contribution is 5.93. The number of hydrogen-bond acceptors (Lipinski definition) is 4. The highest BCUT2D eigenvalue weighted by atomic mass is 16.5. The Morgan fingerprint density at radius 2 is 1.16 bits per heavy atom. The Hall–Kier alpha value is -4.25. The van der Waals surface area contributed by atoms with E-state index in [1.54, 1.807) is 43.5 Å². The number of carboxylic acids is 1. The summed E-state index contributed by atoms with van der Waals surface area (Å²) >= 11 is 0. The zero-order valence-electron chi connectivity index (χ0n) is 16.8. The number of aromatic hydroxyl groups is 1. The Bertz CT molecular complexity index is 1190. The minimum absolute atomic E-state index is 0.0796. The van der Waals surface area contributed by atoms with Crippen LogP contribution in [0.4, 0.5) is 0 Å². The van der Waals surface area contributed by atoms with Crippen LogP contribution in [0.1, 0.15) is 10.4 Å². The zero-order valence-corrected chi connectivity index (χ0v) is 16.8. The lowest BCUT2D eigenvalue weighted by atomic mass is 10.0. The zero-order chi connectivity index (χ0) is 21.8. The third-order valence-electron chi connectivity index (χ3n) is 4.92. The summed E-state index contributed by atoms with van der Waals surface area (Å²) in [4.78, 5) is 11.8. The molecule has 0 atom stereocenters. The van der Waals surface area contributed by atoms with Crippen LogP contribution in [0.3, 0.4) is 0 Å². The number of rotatable bonds is 6. The Morgan fingerprint density at radius 1 is 0.677 bits per heavy atom. The molecule has 0 bridgehead atoms. The van der Waals surface area contributed by atoms with Gasteiger partial charge in [-0.25, -0.2) is 4.79 Å². The summed E-state index contributed by atoms with van der Waals surface area (Å²) in [6.45, 7) is 0. The number of benzene rings is 4. The third-order valence-corrected chi connectivity index (χ3v) is 4.92. The fourth-order valence-electron chi connectivity index (χ4n) is 3.25. The summed E-state index contributed by atoms with van der Waals surface area (Å²) in [7, 11) is 1.60. The minimum atomic E-state index is -1.06. The van der Waals surface area contributed by atoms with E-state index in [0.29, 0.717) is 5.75 Å². The van der Waals surface area contributed by atoms with Gasteiger partial charge in [0.25, 0.3) is 0 Å². The second-order valence-electron chi connectivity index (χ2n) is 6.92. The molecule has 4 rings (SSSR count). The number of carbonyl (C=O) groups is 1. The number of ether oxygens (including phenoxy) is 2. The van der Waals surface area contributed by atoms with E-state index in [1.807, 2.05) is 54.6 Å². The van der Waals surface area contributed by atoms with Gasteiger partial charge in [0.15, 0.2) is 0 Å². The number of carboxylic acid groups (broad SMARTS) is 1. The van der Waals surface area contributed by atoms with Crippen LogP contribution in [-0.2, 0) is 0 Å². The molecule has 0 unspecified atom stereocenters. The van der Waals surface area contributed by atoms with Crippen LogP contribution in [0.25, 0.3) is 22.3 Å². The van der Waals surface area contributed by atoms with E-state index in [0.717, 1.165) is 28.0 Å². The smallest absolute Gasteiger partial charge is 0.339 e. The van der Waals surface area contributed by atoms with Gasteiger partial charge in [-0.1, -0.05) is 42.5 Å². The summed E-state index contributed by atoms with van der Waals surface area (Å²) in [6, 6.07) is 26.7. The number of hydrogen-bond donors (Lipinski definition) is 2. The van der Waals surface area contributed by atoms with Crippen molar-refractivity contribution in [2.24, 2.45) is 0 Å². The highest BCUT2D eigenvalue weighted by Crippen LogP contribution is 2.32. The molecule has 0 aliphatic heterocycles. The van der Waals surface area contributed by atoms with Gasteiger partial charge in [-0.15, -0.1) is 0 Å². The molecule has 0 saturated heterocycles. The van der Waals surface area contributed by atoms with E-state index >= 15 is 0 Å². The van der Waals surface area contributed by atoms with Crippen molar-refractivity contribution < 1.29 is 24.5 Å². The second-order valence-corrected chi connectivity index (χ2v) is 6.92. The first kappa shape index (κ1) is 20.0. The van der Waals surface area contributed by atoms with E-state index in [9.17, 15) is 15.0 Å². The number of phenols is 1. The van der Waals surface area contributed by atoms with E-state index in [2.05, 4.69) is 0 Å². The molecule has 0 radical (unpaired) electrons. The van der Waals surface area contributed by atoms with Gasteiger partial charge in [0.1, 0.15) is 28.6 Å². The number of aromatic carboxylic acids is 1. The molecule has 5 heteroatoms. The van der Waals surface area contributed by atoms with Crippen molar-refractivity contribution in [3.8, 4) is 45.3 Å². The molecule has 5 nitrogen and oxygen atoms in total. The predicted molar refractivity (Wildman–Crippen MR) is 119 cm³/mol. The third kappa shape index (κ3) is 4.51. The van der Waals surface area contributed by atoms with Crippen LogP contribution in [0.5, 0.6) is 23.0 Å². The van der Waals surface area contributed by atoms with Crippen LogP contribution >= 0.6 is 0 Å². The van der Waals surface area contributed by atoms with Crippen LogP contribution < -0.4 is 9.47 Å². The van der Waals surface area contributed by atoms with E-state index in [4.69, 9.17) is 9.47 Å². The topological polar surface area (TPSA) is 76.0 Å². The first-order valence-electron chi connectivity index (χ1n) is 9.62. The van der Waals surface area contributed by atoms with E-state index in [1.165, 1.54) is 0 Å². The molecule has 0 spiro atoms. The minimum Gasteiger partial charge on any atom is -0.508 e. The Balaban J connectivity index is 1.58. The van der Waals surface area contributed by atoms with Gasteiger partial charge in [-0.2, -0.15) is 0 Å². The summed E-state index contributed by atoms with van der Waals surface area (Å²) in [5.41, 5.74) is 3.65. The first-order chi connectivity index (χ1) is 15.0. The normalized spacial score (nSPS) is 10.5. The standard InChI is InChI=1S/C26H20O5/c1-30-22-11-4-19(5-12-22)20-8-15-25(24(16-20)26(28)29)31-23-13-6-18(7-14-23)17-2-9-21(27)10-3-17/h2-16,27H,1H3,(H,28,29). The summed E-state index contributed by atoms with van der Waals surface area (Å²) in [6.07, 6.45) is 0. The van der Waals surface area contributed by atoms with Crippen molar-refractivity contribution in [3.05, 3.63) is 96.6 Å². The fraction of sp³-hybridized carbons (Fsp3) is 0.0385. The molecule has 154 valence electrons. The number of methoxy groups -OCH3 is 1. The molecular weight excluding hydrogens is 392 g/mol. The Labute approximate surface area is 179 Å². The monoisotopic (exact) mass is 412 g/mol. The molecule has 4 aromatic rings. The second kappa shape index (κ2) is 8.63. The average molecular weight is 412 g/mol. The molecule has 4 aromatic carbocycles. The van der Waals surface area contributed by atoms with Crippen LogP contribution in [0, 0.1) is 0 Å². The maximum absolute atomic E-state index is 11.8. The van der Waals surface area contributed by atoms with Crippen molar-refractivity contribution in [2.45, 2.75) is 0 Å². The van der Waals surface area contributed by atoms with Gasteiger partial charge < -0.3 is 19.7 Å². The molecule has 0 amide bonds.